The number of benzene rings is 2. The summed E-state index contributed by atoms with van der Waals surface area (Å²) in [4.78, 5) is 0. The van der Waals surface area contributed by atoms with E-state index in [1.54, 1.807) is 0 Å². The molecule has 1 atom stereocenters. The van der Waals surface area contributed by atoms with Gasteiger partial charge in [0.05, 0.1) is 20.5 Å². The molecular weight excluding hydrogens is 352 g/mol. The van der Waals surface area contributed by atoms with Crippen LogP contribution < -0.4 is 9.35 Å². The second-order valence-corrected chi connectivity index (χ2v) is 7.76. The highest BCUT2D eigenvalue weighted by molar-refractivity contribution is 5.70. The third-order valence-electron chi connectivity index (χ3n) is 5.79. The fourth-order valence-electron chi connectivity index (χ4n) is 4.41. The van der Waals surface area contributed by atoms with Crippen molar-refractivity contribution in [1.29, 1.82) is 0 Å². The standard InChI is InChI=1S/C27H24N2/c1-4-21-22-9-5-6-10-24(22)26-11-7-8-15-28(26)29-16-14-20(3)18-27(29)25-17-19(2)12-13-23(21)25/h4-18,21H,1H2,2-3H3/q+2. The van der Waals surface area contributed by atoms with Gasteiger partial charge < -0.3 is 0 Å². The lowest BCUT2D eigenvalue weighted by atomic mass is 9.83. The first kappa shape index (κ1) is 17.6. The molecule has 1 unspecified atom stereocenters. The van der Waals surface area contributed by atoms with E-state index in [1.807, 2.05) is 0 Å². The Morgan fingerprint density at radius 1 is 0.690 bits per heavy atom. The maximum Gasteiger partial charge on any atom is 0.284 e. The van der Waals surface area contributed by atoms with E-state index in [1.165, 1.54) is 39.1 Å². The second-order valence-electron chi connectivity index (χ2n) is 7.76. The normalized spacial score (nSPS) is 14.3. The molecule has 2 heteroatoms. The number of aryl methyl sites for hydroxylation is 2. The van der Waals surface area contributed by atoms with Gasteiger partial charge in [0.2, 0.25) is 12.4 Å². The minimum atomic E-state index is 0.113. The largest absolute Gasteiger partial charge is 0.284 e. The van der Waals surface area contributed by atoms with Gasteiger partial charge in [0.15, 0.2) is 0 Å². The Balaban J connectivity index is 2.01. The van der Waals surface area contributed by atoms with E-state index in [2.05, 4.69) is 121 Å². The molecule has 0 fully saturated rings. The summed E-state index contributed by atoms with van der Waals surface area (Å²) >= 11 is 0. The molecule has 0 amide bonds. The van der Waals surface area contributed by atoms with Crippen LogP contribution in [-0.4, -0.2) is 0 Å². The average Bonchev–Trinajstić information content (AvgIpc) is 2.78. The van der Waals surface area contributed by atoms with Crippen LogP contribution in [0.25, 0.3) is 22.5 Å². The summed E-state index contributed by atoms with van der Waals surface area (Å²) in [6, 6.07) is 26.3. The number of aromatic nitrogens is 2. The molecule has 0 radical (unpaired) electrons. The first-order valence-electron chi connectivity index (χ1n) is 10.0. The average molecular weight is 377 g/mol. The van der Waals surface area contributed by atoms with E-state index in [4.69, 9.17) is 0 Å². The van der Waals surface area contributed by atoms with Crippen molar-refractivity contribution in [3.05, 3.63) is 120 Å². The Labute approximate surface area is 172 Å². The molecule has 0 spiro atoms. The van der Waals surface area contributed by atoms with E-state index in [9.17, 15) is 0 Å². The molecule has 140 valence electrons. The van der Waals surface area contributed by atoms with Crippen LogP contribution >= 0.6 is 0 Å². The van der Waals surface area contributed by atoms with E-state index in [-0.39, 0.29) is 5.92 Å². The van der Waals surface area contributed by atoms with Crippen LogP contribution in [0.4, 0.5) is 0 Å². The van der Waals surface area contributed by atoms with Crippen molar-refractivity contribution in [3.63, 3.8) is 0 Å². The Hall–Kier alpha value is -3.52. The van der Waals surface area contributed by atoms with Crippen LogP contribution in [0.5, 0.6) is 0 Å². The molecule has 0 bridgehead atoms. The van der Waals surface area contributed by atoms with Gasteiger partial charge >= 0.3 is 0 Å². The highest BCUT2D eigenvalue weighted by Crippen LogP contribution is 2.38. The van der Waals surface area contributed by atoms with Gasteiger partial charge in [0.1, 0.15) is 0 Å². The fourth-order valence-corrected chi connectivity index (χ4v) is 4.41. The smallest absolute Gasteiger partial charge is 0.102 e. The molecule has 2 nitrogen and oxygen atoms in total. The highest BCUT2D eigenvalue weighted by Gasteiger charge is 2.33. The highest BCUT2D eigenvalue weighted by atomic mass is 15.4. The zero-order valence-corrected chi connectivity index (χ0v) is 16.8. The van der Waals surface area contributed by atoms with Crippen LogP contribution in [0.1, 0.15) is 28.2 Å². The fraction of sp³-hybridized carbons (Fsp3) is 0.111. The van der Waals surface area contributed by atoms with Gasteiger partial charge in [-0.05, 0) is 48.7 Å². The lowest BCUT2D eigenvalue weighted by Crippen LogP contribution is -2.68. The summed E-state index contributed by atoms with van der Waals surface area (Å²) in [5, 5.41) is 0. The van der Waals surface area contributed by atoms with Gasteiger partial charge in [-0.3, -0.25) is 0 Å². The minimum absolute atomic E-state index is 0.113. The lowest BCUT2D eigenvalue weighted by Gasteiger charge is -2.18. The molecule has 4 aromatic rings. The topological polar surface area (TPSA) is 7.76 Å². The summed E-state index contributed by atoms with van der Waals surface area (Å²) in [5.74, 6) is 0.113. The van der Waals surface area contributed by atoms with E-state index >= 15 is 0 Å². The molecule has 3 heterocycles. The van der Waals surface area contributed by atoms with Crippen molar-refractivity contribution in [2.24, 2.45) is 0 Å². The first-order valence-corrected chi connectivity index (χ1v) is 10.0. The summed E-state index contributed by atoms with van der Waals surface area (Å²) in [7, 11) is 0. The number of allylic oxidation sites excluding steroid dienone is 1. The minimum Gasteiger partial charge on any atom is -0.102 e. The molecule has 1 aliphatic heterocycles. The van der Waals surface area contributed by atoms with Crippen LogP contribution in [0.3, 0.4) is 0 Å². The number of nitrogens with zero attached hydrogens (tertiary/aromatic N) is 2. The van der Waals surface area contributed by atoms with Crippen LogP contribution in [0.15, 0.2) is 97.8 Å². The van der Waals surface area contributed by atoms with Crippen LogP contribution in [0.2, 0.25) is 0 Å². The lowest BCUT2D eigenvalue weighted by molar-refractivity contribution is -1.29. The van der Waals surface area contributed by atoms with Gasteiger partial charge in [-0.25, -0.2) is 0 Å². The predicted molar refractivity (Wildman–Crippen MR) is 116 cm³/mol. The number of hydrogen-bond donors (Lipinski definition) is 0. The summed E-state index contributed by atoms with van der Waals surface area (Å²) < 4.78 is 4.49. The van der Waals surface area contributed by atoms with Crippen molar-refractivity contribution in [2.45, 2.75) is 19.8 Å². The summed E-state index contributed by atoms with van der Waals surface area (Å²) in [6.45, 7) is 8.53. The summed E-state index contributed by atoms with van der Waals surface area (Å²) in [5.41, 5.74) is 9.88. The molecule has 2 aromatic heterocycles. The molecule has 5 rings (SSSR count). The first-order chi connectivity index (χ1) is 14.2. The quantitative estimate of drug-likeness (QED) is 0.320. The third kappa shape index (κ3) is 2.80. The van der Waals surface area contributed by atoms with Crippen molar-refractivity contribution in [1.82, 2.24) is 0 Å². The van der Waals surface area contributed by atoms with Crippen molar-refractivity contribution in [3.8, 4) is 22.5 Å². The van der Waals surface area contributed by atoms with Gasteiger partial charge in [0.25, 0.3) is 11.4 Å². The number of rotatable bonds is 1. The zero-order chi connectivity index (χ0) is 20.0. The monoisotopic (exact) mass is 376 g/mol. The Morgan fingerprint density at radius 2 is 1.41 bits per heavy atom. The van der Waals surface area contributed by atoms with Crippen molar-refractivity contribution in [2.75, 3.05) is 0 Å². The van der Waals surface area contributed by atoms with Gasteiger partial charge in [-0.2, -0.15) is 0 Å². The third-order valence-corrected chi connectivity index (χ3v) is 5.79. The SMILES string of the molecule is C=CC1c2ccccc2-c2cccc[n+]2-[n+]2ccc(C)cc2-c2cc(C)ccc21. The maximum atomic E-state index is 4.22. The zero-order valence-electron chi connectivity index (χ0n) is 16.8. The molecular formula is C27H24N2+2. The molecule has 0 saturated carbocycles. The summed E-state index contributed by atoms with van der Waals surface area (Å²) in [6.07, 6.45) is 6.37. The molecule has 0 N–H and O–H groups in total. The molecule has 2 aromatic carbocycles. The molecule has 0 saturated heterocycles. The Kier molecular flexibility index (Phi) is 4.13. The van der Waals surface area contributed by atoms with Gasteiger partial charge in [-0.1, -0.05) is 42.0 Å². The molecule has 29 heavy (non-hydrogen) atoms. The van der Waals surface area contributed by atoms with Crippen LogP contribution in [-0.2, 0) is 0 Å². The Morgan fingerprint density at radius 3 is 2.28 bits per heavy atom. The van der Waals surface area contributed by atoms with Gasteiger partial charge in [-0.15, -0.1) is 6.58 Å². The van der Waals surface area contributed by atoms with E-state index in [0.29, 0.717) is 0 Å². The Bertz CT molecular complexity index is 1250. The van der Waals surface area contributed by atoms with Gasteiger partial charge in [0, 0.05) is 30.2 Å². The van der Waals surface area contributed by atoms with Crippen LogP contribution in [0, 0.1) is 13.8 Å². The number of pyridine rings is 2. The van der Waals surface area contributed by atoms with Crippen molar-refractivity contribution >= 4 is 0 Å². The van der Waals surface area contributed by atoms with Crippen molar-refractivity contribution < 1.29 is 9.35 Å². The predicted octanol–water partition coefficient (Wildman–Crippen LogP) is 5.16. The maximum absolute atomic E-state index is 4.22. The second kappa shape index (κ2) is 6.82. The molecule has 0 aliphatic carbocycles. The number of hydrogen-bond acceptors (Lipinski definition) is 0. The molecule has 1 aliphatic rings. The van der Waals surface area contributed by atoms with E-state index in [0.717, 1.165) is 5.69 Å². The van der Waals surface area contributed by atoms with E-state index < -0.39 is 0 Å². The number of fused-ring (bicyclic) bond motifs is 7.